The number of halogens is 3. The van der Waals surface area contributed by atoms with Crippen LogP contribution >= 0.6 is 11.8 Å². The molecule has 3 N–H and O–H groups in total. The number of aromatic nitrogens is 5. The normalized spacial score (nSPS) is 17.9. The van der Waals surface area contributed by atoms with Crippen molar-refractivity contribution in [3.63, 3.8) is 0 Å². The van der Waals surface area contributed by atoms with Crippen LogP contribution in [-0.4, -0.2) is 55.9 Å². The summed E-state index contributed by atoms with van der Waals surface area (Å²) >= 11 is 0.835. The molecule has 14 heteroatoms. The van der Waals surface area contributed by atoms with Crippen LogP contribution in [-0.2, 0) is 17.5 Å². The molecule has 2 amide bonds. The summed E-state index contributed by atoms with van der Waals surface area (Å²) in [6.45, 7) is 2.38. The van der Waals surface area contributed by atoms with E-state index in [4.69, 9.17) is 0 Å². The largest absolute Gasteiger partial charge is 0.433 e. The van der Waals surface area contributed by atoms with E-state index in [-0.39, 0.29) is 17.1 Å². The molecule has 0 radical (unpaired) electrons. The molecule has 3 aromatic heterocycles. The highest BCUT2D eigenvalue weighted by Crippen LogP contribution is 2.30. The van der Waals surface area contributed by atoms with Crippen molar-refractivity contribution in [3.8, 4) is 11.4 Å². The van der Waals surface area contributed by atoms with Crippen molar-refractivity contribution in [2.24, 2.45) is 5.92 Å². The number of hydrogen-bond donors (Lipinski definition) is 3. The molecule has 0 atom stereocenters. The predicted octanol–water partition coefficient (Wildman–Crippen LogP) is 3.61. The van der Waals surface area contributed by atoms with Crippen molar-refractivity contribution in [2.45, 2.75) is 25.6 Å². The SMILES string of the molecule is O=C1NC(=O)/C(=C\c2ccnc(N3CCC(CNCc4cc(-c5ccn[nH]5)nc(C(F)(F)F)c4)CC3)n2)S1. The average Bonchev–Trinajstić information content (AvgIpc) is 3.54. The van der Waals surface area contributed by atoms with Gasteiger partial charge in [0.15, 0.2) is 0 Å². The van der Waals surface area contributed by atoms with E-state index in [1.165, 1.54) is 6.20 Å². The molecule has 0 bridgehead atoms. The van der Waals surface area contributed by atoms with Crippen LogP contribution in [0, 0.1) is 5.92 Å². The molecule has 0 aliphatic carbocycles. The Morgan fingerprint density at radius 1 is 1.13 bits per heavy atom. The minimum absolute atomic E-state index is 0.194. The van der Waals surface area contributed by atoms with Gasteiger partial charge in [0.05, 0.1) is 22.0 Å². The van der Waals surface area contributed by atoms with E-state index in [1.54, 1.807) is 30.5 Å². The minimum Gasteiger partial charge on any atom is -0.341 e. The van der Waals surface area contributed by atoms with Crippen LogP contribution in [0.15, 0.2) is 41.6 Å². The number of hydrogen-bond acceptors (Lipinski definition) is 9. The highest BCUT2D eigenvalue weighted by molar-refractivity contribution is 8.18. The molecule has 0 unspecified atom stereocenters. The molecule has 2 fully saturated rings. The Hall–Kier alpha value is -3.78. The van der Waals surface area contributed by atoms with Gasteiger partial charge in [0.1, 0.15) is 5.69 Å². The van der Waals surface area contributed by atoms with Gasteiger partial charge in [0.25, 0.3) is 11.1 Å². The van der Waals surface area contributed by atoms with Gasteiger partial charge in [-0.3, -0.25) is 20.0 Å². The quantitative estimate of drug-likeness (QED) is 0.382. The van der Waals surface area contributed by atoms with E-state index in [1.807, 2.05) is 0 Å². The molecule has 0 saturated carbocycles. The number of rotatable bonds is 7. The summed E-state index contributed by atoms with van der Waals surface area (Å²) in [6.07, 6.45) is 1.81. The monoisotopic (exact) mass is 544 g/mol. The Morgan fingerprint density at radius 2 is 1.95 bits per heavy atom. The lowest BCUT2D eigenvalue weighted by molar-refractivity contribution is -0.141. The number of thioether (sulfide) groups is 1. The van der Waals surface area contributed by atoms with Crippen molar-refractivity contribution in [1.82, 2.24) is 35.8 Å². The van der Waals surface area contributed by atoms with Crippen molar-refractivity contribution in [1.29, 1.82) is 0 Å². The molecule has 2 aliphatic heterocycles. The first-order valence-electron chi connectivity index (χ1n) is 11.9. The fourth-order valence-electron chi connectivity index (χ4n) is 4.28. The first-order chi connectivity index (χ1) is 18.2. The van der Waals surface area contributed by atoms with Crippen LogP contribution in [0.2, 0.25) is 0 Å². The smallest absolute Gasteiger partial charge is 0.341 e. The number of carbonyl (C=O) groups excluding carboxylic acids is 2. The van der Waals surface area contributed by atoms with Crippen molar-refractivity contribution < 1.29 is 22.8 Å². The number of nitrogens with one attached hydrogen (secondary N) is 3. The second kappa shape index (κ2) is 10.9. The average molecular weight is 545 g/mol. The molecular weight excluding hydrogens is 521 g/mol. The Balaban J connectivity index is 1.16. The third-order valence-electron chi connectivity index (χ3n) is 6.20. The van der Waals surface area contributed by atoms with E-state index in [2.05, 4.69) is 40.7 Å². The molecule has 2 aliphatic rings. The molecule has 5 heterocycles. The van der Waals surface area contributed by atoms with Gasteiger partial charge in [-0.25, -0.2) is 15.0 Å². The van der Waals surface area contributed by atoms with Gasteiger partial charge in [0, 0.05) is 32.0 Å². The summed E-state index contributed by atoms with van der Waals surface area (Å²) in [5, 5.41) is 11.6. The number of H-pyrrole nitrogens is 1. The number of pyridine rings is 1. The second-order valence-electron chi connectivity index (χ2n) is 8.91. The number of imide groups is 1. The Morgan fingerprint density at radius 3 is 2.63 bits per heavy atom. The van der Waals surface area contributed by atoms with Gasteiger partial charge in [0.2, 0.25) is 5.95 Å². The lowest BCUT2D eigenvalue weighted by Crippen LogP contribution is -2.38. The number of amides is 2. The fourth-order valence-corrected chi connectivity index (χ4v) is 4.95. The minimum atomic E-state index is -4.55. The number of carbonyl (C=O) groups is 2. The molecule has 0 aromatic carbocycles. The maximum absolute atomic E-state index is 13.4. The number of piperidine rings is 1. The van der Waals surface area contributed by atoms with Crippen molar-refractivity contribution in [2.75, 3.05) is 24.5 Å². The first kappa shape index (κ1) is 25.9. The van der Waals surface area contributed by atoms with E-state index in [0.717, 1.165) is 43.8 Å². The van der Waals surface area contributed by atoms with E-state index >= 15 is 0 Å². The zero-order chi connectivity index (χ0) is 26.7. The summed E-state index contributed by atoms with van der Waals surface area (Å²) in [7, 11) is 0. The molecule has 3 aromatic rings. The van der Waals surface area contributed by atoms with Gasteiger partial charge in [-0.2, -0.15) is 18.3 Å². The van der Waals surface area contributed by atoms with Crippen LogP contribution in [0.3, 0.4) is 0 Å². The van der Waals surface area contributed by atoms with Gasteiger partial charge < -0.3 is 10.2 Å². The predicted molar refractivity (Wildman–Crippen MR) is 135 cm³/mol. The summed E-state index contributed by atoms with van der Waals surface area (Å²) in [4.78, 5) is 38.1. The number of alkyl halides is 3. The second-order valence-corrected chi connectivity index (χ2v) is 9.92. The molecule has 2 saturated heterocycles. The van der Waals surface area contributed by atoms with Crippen LogP contribution in [0.4, 0.5) is 23.9 Å². The van der Waals surface area contributed by atoms with Crippen LogP contribution < -0.4 is 15.5 Å². The topological polar surface area (TPSA) is 129 Å². The van der Waals surface area contributed by atoms with Crippen LogP contribution in [0.5, 0.6) is 0 Å². The van der Waals surface area contributed by atoms with E-state index in [0.29, 0.717) is 35.4 Å². The first-order valence-corrected chi connectivity index (χ1v) is 12.7. The summed E-state index contributed by atoms with van der Waals surface area (Å²) in [5.41, 5.74) is 0.706. The lowest BCUT2D eigenvalue weighted by atomic mass is 9.97. The molecule has 10 nitrogen and oxygen atoms in total. The van der Waals surface area contributed by atoms with Crippen molar-refractivity contribution >= 4 is 34.9 Å². The molecular formula is C24H23F3N8O2S. The molecule has 5 rings (SSSR count). The molecule has 0 spiro atoms. The fraction of sp³-hybridized carbons (Fsp3) is 0.333. The third-order valence-corrected chi connectivity index (χ3v) is 7.01. The van der Waals surface area contributed by atoms with Crippen LogP contribution in [0.1, 0.15) is 29.8 Å². The highest BCUT2D eigenvalue weighted by atomic mass is 32.2. The highest BCUT2D eigenvalue weighted by Gasteiger charge is 2.33. The van der Waals surface area contributed by atoms with Gasteiger partial charge in [-0.1, -0.05) is 0 Å². The Kier molecular flexibility index (Phi) is 7.42. The van der Waals surface area contributed by atoms with Crippen molar-refractivity contribution in [3.05, 3.63) is 58.5 Å². The maximum atomic E-state index is 13.4. The summed E-state index contributed by atoms with van der Waals surface area (Å²) < 4.78 is 40.1. The van der Waals surface area contributed by atoms with Gasteiger partial charge in [-0.05, 0) is 73.0 Å². The number of aromatic amines is 1. The zero-order valence-electron chi connectivity index (χ0n) is 20.0. The zero-order valence-corrected chi connectivity index (χ0v) is 20.8. The summed E-state index contributed by atoms with van der Waals surface area (Å²) in [5.74, 6) is 0.452. The molecule has 38 heavy (non-hydrogen) atoms. The molecule has 198 valence electrons. The number of anilines is 1. The lowest BCUT2D eigenvalue weighted by Gasteiger charge is -2.32. The standard InChI is InChI=1S/C24H23F3N8O2S/c25-24(26,27)20-10-15(9-18(32-20)17-2-6-30-34-17)13-28-12-14-3-7-35(8-4-14)22-29-5-1-16(31-22)11-19-21(36)33-23(37)38-19/h1-2,5-6,9-11,14,28H,3-4,7-8,12-13H2,(H,30,34)(H,33,36,37)/b19-11+. The van der Waals surface area contributed by atoms with Gasteiger partial charge in [-0.15, -0.1) is 0 Å². The number of nitrogens with zero attached hydrogens (tertiary/aromatic N) is 5. The summed E-state index contributed by atoms with van der Waals surface area (Å²) in [6, 6.07) is 5.94. The third kappa shape index (κ3) is 6.19. The van der Waals surface area contributed by atoms with E-state index in [9.17, 15) is 22.8 Å². The Bertz CT molecular complexity index is 1350. The van der Waals surface area contributed by atoms with E-state index < -0.39 is 23.0 Å². The van der Waals surface area contributed by atoms with Gasteiger partial charge >= 0.3 is 6.18 Å². The Labute approximate surface area is 219 Å². The maximum Gasteiger partial charge on any atom is 0.433 e. The van der Waals surface area contributed by atoms with Crippen LogP contribution in [0.25, 0.3) is 17.5 Å².